The van der Waals surface area contributed by atoms with Gasteiger partial charge in [-0.15, -0.1) is 11.3 Å². The van der Waals surface area contributed by atoms with E-state index in [0.717, 1.165) is 75.5 Å². The maximum absolute atomic E-state index is 13.7. The zero-order valence-electron chi connectivity index (χ0n) is 17.6. The fraction of sp³-hybridized carbons (Fsp3) is 0.773. The van der Waals surface area contributed by atoms with Crippen molar-refractivity contribution < 1.29 is 9.59 Å². The molecule has 0 spiro atoms. The van der Waals surface area contributed by atoms with Gasteiger partial charge in [-0.05, 0) is 57.3 Å². The summed E-state index contributed by atoms with van der Waals surface area (Å²) in [5.74, 6) is 1.62. The number of carbonyl (C=O) groups is 2. The van der Waals surface area contributed by atoms with Gasteiger partial charge in [-0.3, -0.25) is 14.5 Å². The van der Waals surface area contributed by atoms with E-state index in [1.807, 2.05) is 6.92 Å². The van der Waals surface area contributed by atoms with Gasteiger partial charge in [0.1, 0.15) is 0 Å². The van der Waals surface area contributed by atoms with Gasteiger partial charge >= 0.3 is 0 Å². The molecule has 0 aromatic carbocycles. The predicted molar refractivity (Wildman–Crippen MR) is 112 cm³/mol. The first-order valence-corrected chi connectivity index (χ1v) is 11.9. The van der Waals surface area contributed by atoms with Crippen LogP contribution in [-0.2, 0) is 16.1 Å². The number of carbonyl (C=O) groups excluding carboxylic acids is 2. The van der Waals surface area contributed by atoms with Crippen molar-refractivity contribution in [2.75, 3.05) is 26.2 Å². The fourth-order valence-corrected chi connectivity index (χ4v) is 7.79. The average molecular weight is 417 g/mol. The van der Waals surface area contributed by atoms with Gasteiger partial charge in [0.15, 0.2) is 0 Å². The highest BCUT2D eigenvalue weighted by Gasteiger charge is 2.61. The van der Waals surface area contributed by atoms with E-state index in [1.54, 1.807) is 18.3 Å². The van der Waals surface area contributed by atoms with Gasteiger partial charge < -0.3 is 10.2 Å². The number of nitrogens with one attached hydrogen (secondary N) is 1. The van der Waals surface area contributed by atoms with Gasteiger partial charge in [-0.2, -0.15) is 0 Å². The number of amides is 2. The Kier molecular flexibility index (Phi) is 4.74. The molecule has 158 valence electrons. The third kappa shape index (κ3) is 3.61. The molecule has 1 aromatic heterocycles. The zero-order valence-corrected chi connectivity index (χ0v) is 18.4. The fourth-order valence-electron chi connectivity index (χ4n) is 7.19. The smallest absolute Gasteiger partial charge is 0.228 e. The molecule has 2 amide bonds. The van der Waals surface area contributed by atoms with Crippen molar-refractivity contribution in [3.63, 3.8) is 0 Å². The summed E-state index contributed by atoms with van der Waals surface area (Å²) in [6.45, 7) is 8.01. The third-order valence-corrected chi connectivity index (χ3v) is 8.49. The molecule has 4 saturated carbocycles. The molecule has 2 heterocycles. The molecule has 29 heavy (non-hydrogen) atoms. The summed E-state index contributed by atoms with van der Waals surface area (Å²) < 4.78 is 0. The summed E-state index contributed by atoms with van der Waals surface area (Å²) in [7, 11) is 0. The number of hydrogen-bond donors (Lipinski definition) is 1. The van der Waals surface area contributed by atoms with E-state index in [-0.39, 0.29) is 16.9 Å². The molecule has 5 aliphatic rings. The Balaban J connectivity index is 1.25. The molecule has 1 saturated heterocycles. The Bertz CT molecular complexity index is 799. The van der Waals surface area contributed by atoms with Crippen LogP contribution in [0, 0.1) is 24.2 Å². The van der Waals surface area contributed by atoms with Crippen molar-refractivity contribution in [1.82, 2.24) is 20.1 Å². The lowest BCUT2D eigenvalue weighted by atomic mass is 9.46. The summed E-state index contributed by atoms with van der Waals surface area (Å²) in [6, 6.07) is 0. The summed E-state index contributed by atoms with van der Waals surface area (Å²) in [5, 5.41) is 6.54. The van der Waals surface area contributed by atoms with E-state index in [9.17, 15) is 9.59 Å². The minimum Gasteiger partial charge on any atom is -0.351 e. The number of rotatable bonds is 4. The molecule has 7 heteroatoms. The van der Waals surface area contributed by atoms with Gasteiger partial charge in [-0.25, -0.2) is 4.98 Å². The van der Waals surface area contributed by atoms with E-state index < -0.39 is 0 Å². The summed E-state index contributed by atoms with van der Waals surface area (Å²) in [4.78, 5) is 34.7. The minimum atomic E-state index is -0.235. The van der Waals surface area contributed by atoms with Crippen molar-refractivity contribution in [1.29, 1.82) is 0 Å². The SMILES string of the molecule is CC(=O)NC12C[C@H]3C[C@H](C1)CC(C(=O)N1CCN(Cc4csc(C)n4)CC1)(C3)C2. The third-order valence-electron chi connectivity index (χ3n) is 7.67. The molecule has 4 aliphatic carbocycles. The van der Waals surface area contributed by atoms with Crippen LogP contribution in [0.4, 0.5) is 0 Å². The molecule has 1 aromatic rings. The molecule has 6 rings (SSSR count). The molecule has 1 N–H and O–H groups in total. The second kappa shape index (κ2) is 7.05. The monoisotopic (exact) mass is 416 g/mol. The maximum atomic E-state index is 13.7. The van der Waals surface area contributed by atoms with Gasteiger partial charge in [-0.1, -0.05) is 0 Å². The van der Waals surface area contributed by atoms with Crippen LogP contribution in [0.3, 0.4) is 0 Å². The number of piperazine rings is 1. The molecule has 4 bridgehead atoms. The Morgan fingerprint density at radius 1 is 1.17 bits per heavy atom. The summed E-state index contributed by atoms with van der Waals surface area (Å²) in [5.41, 5.74) is 0.780. The highest BCUT2D eigenvalue weighted by atomic mass is 32.1. The van der Waals surface area contributed by atoms with E-state index in [1.165, 1.54) is 6.42 Å². The van der Waals surface area contributed by atoms with Crippen LogP contribution in [0.25, 0.3) is 0 Å². The topological polar surface area (TPSA) is 65.5 Å². The van der Waals surface area contributed by atoms with Gasteiger partial charge in [0.25, 0.3) is 0 Å². The largest absolute Gasteiger partial charge is 0.351 e. The van der Waals surface area contributed by atoms with Gasteiger partial charge in [0.2, 0.25) is 11.8 Å². The van der Waals surface area contributed by atoms with Gasteiger partial charge in [0, 0.05) is 50.6 Å². The number of nitrogens with zero attached hydrogens (tertiary/aromatic N) is 3. The first kappa shape index (κ1) is 19.5. The lowest BCUT2D eigenvalue weighted by Gasteiger charge is -2.62. The van der Waals surface area contributed by atoms with Crippen LogP contribution in [0.5, 0.6) is 0 Å². The summed E-state index contributed by atoms with van der Waals surface area (Å²) in [6.07, 6.45) is 6.29. The zero-order chi connectivity index (χ0) is 20.2. The molecule has 0 radical (unpaired) electrons. The first-order valence-electron chi connectivity index (χ1n) is 11.1. The van der Waals surface area contributed by atoms with Crippen LogP contribution in [0.15, 0.2) is 5.38 Å². The first-order chi connectivity index (χ1) is 13.8. The van der Waals surface area contributed by atoms with Crippen LogP contribution >= 0.6 is 11.3 Å². The quantitative estimate of drug-likeness (QED) is 0.819. The average Bonchev–Trinajstić information content (AvgIpc) is 3.04. The predicted octanol–water partition coefficient (Wildman–Crippen LogP) is 2.57. The molecule has 5 fully saturated rings. The molecule has 0 unspecified atom stereocenters. The normalized spacial score (nSPS) is 36.4. The van der Waals surface area contributed by atoms with Crippen LogP contribution in [0.2, 0.25) is 0 Å². The Morgan fingerprint density at radius 2 is 1.86 bits per heavy atom. The number of thiazole rings is 1. The molecule has 2 atom stereocenters. The second-order valence-corrected chi connectivity index (χ2v) is 11.2. The maximum Gasteiger partial charge on any atom is 0.228 e. The van der Waals surface area contributed by atoms with E-state index in [2.05, 4.69) is 25.5 Å². The molecular formula is C22H32N4O2S. The highest BCUT2D eigenvalue weighted by molar-refractivity contribution is 7.09. The van der Waals surface area contributed by atoms with Crippen molar-refractivity contribution in [2.45, 2.75) is 64.5 Å². The van der Waals surface area contributed by atoms with Crippen LogP contribution in [0.1, 0.15) is 56.2 Å². The van der Waals surface area contributed by atoms with Crippen molar-refractivity contribution in [3.8, 4) is 0 Å². The Labute approximate surface area is 177 Å². The number of aromatic nitrogens is 1. The summed E-state index contributed by atoms with van der Waals surface area (Å²) >= 11 is 1.70. The standard InChI is InChI=1S/C22H32N4O2S/c1-15(27)24-22-10-17-7-18(11-22)9-21(8-17,14-22)20(28)26-5-3-25(4-6-26)12-19-13-29-16(2)23-19/h13,17-18H,3-12,14H2,1-2H3,(H,24,27)/t17-,18-,21?,22?/m0/s1. The number of hydrogen-bond acceptors (Lipinski definition) is 5. The molecular weight excluding hydrogens is 384 g/mol. The van der Waals surface area contributed by atoms with E-state index in [4.69, 9.17) is 0 Å². The molecule has 1 aliphatic heterocycles. The molecule has 6 nitrogen and oxygen atoms in total. The van der Waals surface area contributed by atoms with Crippen molar-refractivity contribution >= 4 is 23.2 Å². The highest BCUT2D eigenvalue weighted by Crippen LogP contribution is 2.62. The van der Waals surface area contributed by atoms with Crippen LogP contribution in [-0.4, -0.2) is 58.3 Å². The Morgan fingerprint density at radius 3 is 2.45 bits per heavy atom. The van der Waals surface area contributed by atoms with Crippen LogP contribution < -0.4 is 5.32 Å². The second-order valence-electron chi connectivity index (χ2n) is 10.1. The lowest BCUT2D eigenvalue weighted by molar-refractivity contribution is -0.164. The minimum absolute atomic E-state index is 0.0560. The van der Waals surface area contributed by atoms with Gasteiger partial charge in [0.05, 0.1) is 16.1 Å². The Hall–Kier alpha value is -1.47. The van der Waals surface area contributed by atoms with Crippen molar-refractivity contribution in [2.24, 2.45) is 17.3 Å². The lowest BCUT2D eigenvalue weighted by Crippen LogP contribution is -2.66. The van der Waals surface area contributed by atoms with E-state index in [0.29, 0.717) is 17.7 Å². The van der Waals surface area contributed by atoms with E-state index >= 15 is 0 Å². The van der Waals surface area contributed by atoms with Crippen molar-refractivity contribution in [3.05, 3.63) is 16.1 Å². The number of aryl methyl sites for hydroxylation is 1.